The Labute approximate surface area is 123 Å². The van der Waals surface area contributed by atoms with Crippen molar-refractivity contribution in [3.8, 4) is 0 Å². The standard InChI is InChI=1S/C12H12ClN3OS2/c1-15(6-8-2-3-10(13)19-8)11-9(7-17)16-4-5-18-12(16)14-11/h2-5,17H,6-7H2,1H3. The van der Waals surface area contributed by atoms with Crippen molar-refractivity contribution >= 4 is 45.1 Å². The van der Waals surface area contributed by atoms with Gasteiger partial charge in [0.2, 0.25) is 0 Å². The molecule has 3 aromatic heterocycles. The molecule has 4 nitrogen and oxygen atoms in total. The number of hydrogen-bond acceptors (Lipinski definition) is 5. The molecule has 100 valence electrons. The van der Waals surface area contributed by atoms with Crippen LogP contribution in [0.1, 0.15) is 10.6 Å². The number of imidazole rings is 1. The minimum absolute atomic E-state index is 0.0250. The minimum atomic E-state index is -0.0250. The largest absolute Gasteiger partial charge is 0.390 e. The van der Waals surface area contributed by atoms with E-state index in [1.165, 1.54) is 4.88 Å². The molecule has 0 aromatic carbocycles. The number of aliphatic hydroxyl groups is 1. The Morgan fingerprint density at radius 2 is 2.32 bits per heavy atom. The van der Waals surface area contributed by atoms with Gasteiger partial charge in [0.25, 0.3) is 0 Å². The molecule has 0 saturated carbocycles. The predicted octanol–water partition coefficient (Wildman–Crippen LogP) is 3.24. The summed E-state index contributed by atoms with van der Waals surface area (Å²) >= 11 is 9.06. The van der Waals surface area contributed by atoms with Crippen LogP contribution in [0.15, 0.2) is 23.7 Å². The third-order valence-corrected chi connectivity index (χ3v) is 4.85. The van der Waals surface area contributed by atoms with Gasteiger partial charge in [0.1, 0.15) is 0 Å². The molecular weight excluding hydrogens is 302 g/mol. The number of hydrogen-bond donors (Lipinski definition) is 1. The second-order valence-corrected chi connectivity index (χ2v) is 6.83. The van der Waals surface area contributed by atoms with Gasteiger partial charge in [-0.05, 0) is 12.1 Å². The Kier molecular flexibility index (Phi) is 3.49. The molecule has 3 heterocycles. The number of rotatable bonds is 4. The highest BCUT2D eigenvalue weighted by atomic mass is 35.5. The second kappa shape index (κ2) is 5.13. The van der Waals surface area contributed by atoms with E-state index in [-0.39, 0.29) is 6.61 Å². The average molecular weight is 314 g/mol. The molecule has 0 saturated heterocycles. The van der Waals surface area contributed by atoms with Crippen LogP contribution in [0.5, 0.6) is 0 Å². The first-order valence-corrected chi connectivity index (χ1v) is 7.77. The molecule has 0 aliphatic heterocycles. The predicted molar refractivity (Wildman–Crippen MR) is 80.4 cm³/mol. The zero-order chi connectivity index (χ0) is 13.4. The summed E-state index contributed by atoms with van der Waals surface area (Å²) in [4.78, 5) is 8.67. The lowest BCUT2D eigenvalue weighted by Crippen LogP contribution is -2.17. The molecule has 0 bridgehead atoms. The van der Waals surface area contributed by atoms with Crippen molar-refractivity contribution in [3.05, 3.63) is 38.6 Å². The summed E-state index contributed by atoms with van der Waals surface area (Å²) in [5.74, 6) is 0.818. The first-order chi connectivity index (χ1) is 9.19. The van der Waals surface area contributed by atoms with Gasteiger partial charge in [-0.3, -0.25) is 4.40 Å². The SMILES string of the molecule is CN(Cc1ccc(Cl)s1)c1nc2sccn2c1CO. The number of fused-ring (bicyclic) bond motifs is 1. The fourth-order valence-corrected chi connectivity index (χ4v) is 3.89. The quantitative estimate of drug-likeness (QED) is 0.804. The molecule has 0 fully saturated rings. The molecule has 3 aromatic rings. The Balaban J connectivity index is 1.92. The Morgan fingerprint density at radius 1 is 1.47 bits per heavy atom. The average Bonchev–Trinajstić information content (AvgIpc) is 3.03. The highest BCUT2D eigenvalue weighted by Gasteiger charge is 2.16. The van der Waals surface area contributed by atoms with E-state index in [1.807, 2.05) is 40.1 Å². The molecule has 3 rings (SSSR count). The number of halogens is 1. The fourth-order valence-electron chi connectivity index (χ4n) is 2.02. The van der Waals surface area contributed by atoms with E-state index in [2.05, 4.69) is 4.98 Å². The zero-order valence-electron chi connectivity index (χ0n) is 10.2. The molecule has 7 heteroatoms. The molecule has 0 atom stereocenters. The van der Waals surface area contributed by atoms with Crippen molar-refractivity contribution in [2.45, 2.75) is 13.2 Å². The molecule has 0 radical (unpaired) electrons. The molecule has 0 amide bonds. The third-order valence-electron chi connectivity index (χ3n) is 2.87. The molecular formula is C12H12ClN3OS2. The van der Waals surface area contributed by atoms with Crippen molar-refractivity contribution in [2.75, 3.05) is 11.9 Å². The zero-order valence-corrected chi connectivity index (χ0v) is 12.6. The first-order valence-electron chi connectivity index (χ1n) is 5.69. The van der Waals surface area contributed by atoms with Gasteiger partial charge in [0, 0.05) is 23.5 Å². The van der Waals surface area contributed by atoms with Crippen LogP contribution in [0.25, 0.3) is 4.96 Å². The molecule has 0 aliphatic carbocycles. The van der Waals surface area contributed by atoms with Gasteiger partial charge in [0.05, 0.1) is 23.2 Å². The summed E-state index contributed by atoms with van der Waals surface area (Å²) in [7, 11) is 1.97. The lowest BCUT2D eigenvalue weighted by Gasteiger charge is -2.16. The van der Waals surface area contributed by atoms with Gasteiger partial charge < -0.3 is 10.0 Å². The highest BCUT2D eigenvalue weighted by Crippen LogP contribution is 2.27. The Hall–Kier alpha value is -1.08. The Bertz CT molecular complexity index is 703. The lowest BCUT2D eigenvalue weighted by molar-refractivity contribution is 0.276. The normalized spacial score (nSPS) is 11.3. The topological polar surface area (TPSA) is 40.8 Å². The van der Waals surface area contributed by atoms with Crippen LogP contribution in [0.4, 0.5) is 5.82 Å². The maximum Gasteiger partial charge on any atom is 0.195 e. The summed E-state index contributed by atoms with van der Waals surface area (Å²) in [6.07, 6.45) is 1.93. The smallest absolute Gasteiger partial charge is 0.195 e. The summed E-state index contributed by atoms with van der Waals surface area (Å²) in [6.45, 7) is 0.706. The van der Waals surface area contributed by atoms with E-state index >= 15 is 0 Å². The number of nitrogens with zero attached hydrogens (tertiary/aromatic N) is 3. The molecule has 1 N–H and O–H groups in total. The maximum absolute atomic E-state index is 9.54. The van der Waals surface area contributed by atoms with E-state index in [9.17, 15) is 5.11 Å². The summed E-state index contributed by atoms with van der Waals surface area (Å²) in [5.41, 5.74) is 0.821. The summed E-state index contributed by atoms with van der Waals surface area (Å²) < 4.78 is 2.72. The van der Waals surface area contributed by atoms with Crippen LogP contribution in [0, 0.1) is 0 Å². The van der Waals surface area contributed by atoms with E-state index in [4.69, 9.17) is 11.6 Å². The van der Waals surface area contributed by atoms with Crippen LogP contribution in [-0.4, -0.2) is 21.5 Å². The van der Waals surface area contributed by atoms with Gasteiger partial charge in [-0.25, -0.2) is 4.98 Å². The lowest BCUT2D eigenvalue weighted by atomic mass is 10.4. The van der Waals surface area contributed by atoms with Crippen molar-refractivity contribution in [3.63, 3.8) is 0 Å². The van der Waals surface area contributed by atoms with Gasteiger partial charge in [-0.15, -0.1) is 22.7 Å². The van der Waals surface area contributed by atoms with Crippen molar-refractivity contribution in [1.82, 2.24) is 9.38 Å². The maximum atomic E-state index is 9.54. The Morgan fingerprint density at radius 3 is 3.00 bits per heavy atom. The minimum Gasteiger partial charge on any atom is -0.390 e. The summed E-state index contributed by atoms with van der Waals surface area (Å²) in [6, 6.07) is 3.91. The van der Waals surface area contributed by atoms with Gasteiger partial charge in [-0.1, -0.05) is 11.6 Å². The van der Waals surface area contributed by atoms with E-state index in [1.54, 1.807) is 22.7 Å². The van der Waals surface area contributed by atoms with Crippen molar-refractivity contribution in [1.29, 1.82) is 0 Å². The molecule has 0 unspecified atom stereocenters. The van der Waals surface area contributed by atoms with Crippen LogP contribution in [0.2, 0.25) is 4.34 Å². The van der Waals surface area contributed by atoms with Gasteiger partial charge in [-0.2, -0.15) is 0 Å². The number of thiophene rings is 1. The summed E-state index contributed by atoms with van der Waals surface area (Å²) in [5, 5.41) is 11.5. The molecule has 0 spiro atoms. The van der Waals surface area contributed by atoms with Crippen LogP contribution in [-0.2, 0) is 13.2 Å². The van der Waals surface area contributed by atoms with Crippen molar-refractivity contribution < 1.29 is 5.11 Å². The monoisotopic (exact) mass is 313 g/mol. The van der Waals surface area contributed by atoms with E-state index in [0.717, 1.165) is 27.4 Å². The number of anilines is 1. The van der Waals surface area contributed by atoms with Crippen molar-refractivity contribution in [2.24, 2.45) is 0 Å². The number of aliphatic hydroxyl groups excluding tert-OH is 1. The van der Waals surface area contributed by atoms with E-state index in [0.29, 0.717) is 0 Å². The molecule has 19 heavy (non-hydrogen) atoms. The molecule has 0 aliphatic rings. The second-order valence-electron chi connectivity index (χ2n) is 4.16. The number of aromatic nitrogens is 2. The van der Waals surface area contributed by atoms with Crippen LogP contribution in [0.3, 0.4) is 0 Å². The van der Waals surface area contributed by atoms with Crippen LogP contribution >= 0.6 is 34.3 Å². The van der Waals surface area contributed by atoms with Gasteiger partial charge >= 0.3 is 0 Å². The highest BCUT2D eigenvalue weighted by molar-refractivity contribution is 7.16. The van der Waals surface area contributed by atoms with Crippen LogP contribution < -0.4 is 4.90 Å². The van der Waals surface area contributed by atoms with E-state index < -0.39 is 0 Å². The first kappa shape index (κ1) is 12.9. The fraction of sp³-hybridized carbons (Fsp3) is 0.250. The third kappa shape index (κ3) is 2.36. The van der Waals surface area contributed by atoms with Gasteiger partial charge in [0.15, 0.2) is 10.8 Å². The number of thiazole rings is 1.